The highest BCUT2D eigenvalue weighted by molar-refractivity contribution is 7.68. The molecule has 120 valence electrons. The molecular formula is C17H23O4P. The van der Waals surface area contributed by atoms with E-state index in [-0.39, 0.29) is 10.7 Å². The Morgan fingerprint density at radius 1 is 0.955 bits per heavy atom. The van der Waals surface area contributed by atoms with Gasteiger partial charge in [0.05, 0.1) is 17.8 Å². The van der Waals surface area contributed by atoms with Crippen molar-refractivity contribution in [3.05, 3.63) is 24.3 Å². The van der Waals surface area contributed by atoms with Gasteiger partial charge in [-0.3, -0.25) is 0 Å². The van der Waals surface area contributed by atoms with E-state index in [1.54, 1.807) is 7.11 Å². The van der Waals surface area contributed by atoms with Crippen molar-refractivity contribution >= 4 is 13.2 Å². The van der Waals surface area contributed by atoms with Crippen molar-refractivity contribution in [3.8, 4) is 5.75 Å². The minimum absolute atomic E-state index is 0.241. The summed E-state index contributed by atoms with van der Waals surface area (Å²) in [6, 6.07) is 8.33. The molecule has 0 aromatic heterocycles. The Morgan fingerprint density at radius 2 is 1.55 bits per heavy atom. The maximum absolute atomic E-state index is 6.45. The lowest BCUT2D eigenvalue weighted by Gasteiger charge is -2.69. The number of methoxy groups -OCH3 is 1. The molecule has 4 aliphatic heterocycles. The SMILES string of the molecule is COc1cccc(P2[C@]3(C)C[C@@]4(C)O[C@](C)(C[C@]2(C)O4)O3)c1. The van der Waals surface area contributed by atoms with Gasteiger partial charge in [0.15, 0.2) is 11.6 Å². The van der Waals surface area contributed by atoms with E-state index in [4.69, 9.17) is 18.9 Å². The van der Waals surface area contributed by atoms with Crippen LogP contribution in [0.2, 0.25) is 0 Å². The van der Waals surface area contributed by atoms with E-state index >= 15 is 0 Å². The van der Waals surface area contributed by atoms with E-state index < -0.39 is 19.5 Å². The van der Waals surface area contributed by atoms with Gasteiger partial charge in [-0.25, -0.2) is 0 Å². The summed E-state index contributed by atoms with van der Waals surface area (Å²) in [5.41, 5.74) is 0. The molecule has 0 aliphatic carbocycles. The lowest BCUT2D eigenvalue weighted by atomic mass is 9.98. The van der Waals surface area contributed by atoms with Crippen molar-refractivity contribution in [2.45, 2.75) is 62.8 Å². The predicted molar refractivity (Wildman–Crippen MR) is 85.7 cm³/mol. The predicted octanol–water partition coefficient (Wildman–Crippen LogP) is 3.54. The number of ether oxygens (including phenoxy) is 4. The molecule has 5 rings (SSSR count). The lowest BCUT2D eigenvalue weighted by molar-refractivity contribution is -0.467. The molecule has 0 N–H and O–H groups in total. The second-order valence-electron chi connectivity index (χ2n) is 7.31. The van der Waals surface area contributed by atoms with Crippen LogP contribution in [-0.4, -0.2) is 29.4 Å². The number of benzene rings is 1. The molecule has 0 radical (unpaired) electrons. The van der Waals surface area contributed by atoms with Crippen LogP contribution in [0.1, 0.15) is 40.5 Å². The van der Waals surface area contributed by atoms with Crippen LogP contribution in [-0.2, 0) is 14.2 Å². The monoisotopic (exact) mass is 322 g/mol. The first-order valence-corrected chi connectivity index (χ1v) is 9.09. The molecule has 0 spiro atoms. The Bertz CT molecular complexity index is 587. The van der Waals surface area contributed by atoms with Crippen molar-refractivity contribution in [3.63, 3.8) is 0 Å². The summed E-state index contributed by atoms with van der Waals surface area (Å²) < 4.78 is 24.4. The van der Waals surface area contributed by atoms with Gasteiger partial charge in [0, 0.05) is 12.8 Å². The standard InChI is InChI=1S/C17H23O4P/c1-14-10-16(3)21-15(2,19-14)11-17(4,20-14)22(16)13-8-6-7-12(9-13)18-5/h6-9H,10-11H2,1-5H3/t14-,15-,16+,17+/m0/s1. The Morgan fingerprint density at radius 3 is 2.09 bits per heavy atom. The van der Waals surface area contributed by atoms with Crippen molar-refractivity contribution in [2.75, 3.05) is 7.11 Å². The quantitative estimate of drug-likeness (QED) is 0.781. The molecule has 0 amide bonds. The van der Waals surface area contributed by atoms with Crippen LogP contribution in [0.4, 0.5) is 0 Å². The van der Waals surface area contributed by atoms with Crippen LogP contribution < -0.4 is 10.0 Å². The first-order chi connectivity index (χ1) is 10.2. The smallest absolute Gasteiger partial charge is 0.173 e. The third-order valence-corrected chi connectivity index (χ3v) is 8.04. The van der Waals surface area contributed by atoms with Gasteiger partial charge in [-0.05, 0) is 53.1 Å². The minimum atomic E-state index is -0.655. The molecule has 5 heteroatoms. The van der Waals surface area contributed by atoms with E-state index in [0.29, 0.717) is 0 Å². The highest BCUT2D eigenvalue weighted by atomic mass is 31.1. The number of rotatable bonds is 2. The van der Waals surface area contributed by atoms with Crippen LogP contribution >= 0.6 is 7.92 Å². The van der Waals surface area contributed by atoms with Crippen molar-refractivity contribution in [2.24, 2.45) is 0 Å². The fourth-order valence-electron chi connectivity index (χ4n) is 4.88. The van der Waals surface area contributed by atoms with E-state index in [1.807, 2.05) is 26.0 Å². The van der Waals surface area contributed by atoms with E-state index in [1.165, 1.54) is 5.30 Å². The highest BCUT2D eigenvalue weighted by Gasteiger charge is 2.71. The van der Waals surface area contributed by atoms with Crippen molar-refractivity contribution < 1.29 is 18.9 Å². The van der Waals surface area contributed by atoms with E-state index in [0.717, 1.165) is 18.6 Å². The molecule has 1 aromatic carbocycles. The Hall–Kier alpha value is -0.670. The van der Waals surface area contributed by atoms with Gasteiger partial charge >= 0.3 is 0 Å². The van der Waals surface area contributed by atoms with Crippen LogP contribution in [0.15, 0.2) is 24.3 Å². The molecule has 4 atom stereocenters. The van der Waals surface area contributed by atoms with Crippen molar-refractivity contribution in [1.82, 2.24) is 0 Å². The summed E-state index contributed by atoms with van der Waals surface area (Å²) in [7, 11) is 1.05. The van der Waals surface area contributed by atoms with E-state index in [2.05, 4.69) is 26.0 Å². The van der Waals surface area contributed by atoms with Crippen molar-refractivity contribution in [1.29, 1.82) is 0 Å². The van der Waals surface area contributed by atoms with Gasteiger partial charge < -0.3 is 18.9 Å². The highest BCUT2D eigenvalue weighted by Crippen LogP contribution is 2.75. The fraction of sp³-hybridized carbons (Fsp3) is 0.647. The molecular weight excluding hydrogens is 299 g/mol. The molecule has 4 bridgehead atoms. The maximum Gasteiger partial charge on any atom is 0.173 e. The van der Waals surface area contributed by atoms with Gasteiger partial charge in [0.25, 0.3) is 0 Å². The zero-order valence-corrected chi connectivity index (χ0v) is 14.7. The summed E-state index contributed by atoms with van der Waals surface area (Å²) in [5, 5.41) is 0.786. The van der Waals surface area contributed by atoms with Crippen LogP contribution in [0.25, 0.3) is 0 Å². The summed E-state index contributed by atoms with van der Waals surface area (Å²) in [6.07, 6.45) is 1.52. The first kappa shape index (κ1) is 14.9. The van der Waals surface area contributed by atoms with Crippen LogP contribution in [0.3, 0.4) is 0 Å². The minimum Gasteiger partial charge on any atom is -0.497 e. The first-order valence-electron chi connectivity index (χ1n) is 7.74. The average molecular weight is 322 g/mol. The Labute approximate surface area is 132 Å². The molecule has 22 heavy (non-hydrogen) atoms. The van der Waals surface area contributed by atoms with E-state index in [9.17, 15) is 0 Å². The zero-order chi connectivity index (χ0) is 15.8. The maximum atomic E-state index is 6.45. The number of hydrogen-bond acceptors (Lipinski definition) is 4. The van der Waals surface area contributed by atoms with Crippen LogP contribution in [0, 0.1) is 0 Å². The molecule has 4 nitrogen and oxygen atoms in total. The molecule has 4 fully saturated rings. The van der Waals surface area contributed by atoms with Gasteiger partial charge in [-0.15, -0.1) is 0 Å². The van der Waals surface area contributed by atoms with Gasteiger partial charge in [-0.2, -0.15) is 0 Å². The lowest BCUT2D eigenvalue weighted by Crippen LogP contribution is -2.72. The third-order valence-electron chi connectivity index (χ3n) is 4.86. The summed E-state index contributed by atoms with van der Waals surface area (Å²) in [4.78, 5) is 0. The molecule has 4 aliphatic rings. The summed E-state index contributed by atoms with van der Waals surface area (Å²) in [5.74, 6) is -0.214. The molecule has 4 heterocycles. The molecule has 0 saturated carbocycles. The molecule has 1 aromatic rings. The summed E-state index contributed by atoms with van der Waals surface area (Å²) in [6.45, 7) is 8.53. The molecule has 0 unspecified atom stereocenters. The Kier molecular flexibility index (Phi) is 2.87. The fourth-order valence-corrected chi connectivity index (χ4v) is 8.93. The van der Waals surface area contributed by atoms with Gasteiger partial charge in [0.2, 0.25) is 0 Å². The van der Waals surface area contributed by atoms with Gasteiger partial charge in [-0.1, -0.05) is 12.1 Å². The topological polar surface area (TPSA) is 36.9 Å². The largest absolute Gasteiger partial charge is 0.497 e. The average Bonchev–Trinajstić information content (AvgIpc) is 2.32. The summed E-state index contributed by atoms with van der Waals surface area (Å²) >= 11 is 0. The molecule has 4 saturated heterocycles. The normalized spacial score (nSPS) is 49.4. The van der Waals surface area contributed by atoms with Gasteiger partial charge in [0.1, 0.15) is 5.75 Å². The second-order valence-corrected chi connectivity index (χ2v) is 10.4. The second kappa shape index (κ2) is 4.24. The number of hydrogen-bond donors (Lipinski definition) is 0. The third kappa shape index (κ3) is 1.98. The van der Waals surface area contributed by atoms with Crippen LogP contribution in [0.5, 0.6) is 5.75 Å². The Balaban J connectivity index is 1.84. The zero-order valence-electron chi connectivity index (χ0n) is 13.8.